The molecular weight excluding hydrogens is 504 g/mol. The van der Waals surface area contributed by atoms with E-state index in [4.69, 9.17) is 4.74 Å². The summed E-state index contributed by atoms with van der Waals surface area (Å²) >= 11 is 0. The standard InChI is InChI=1S/C38H76O3/c1-4-7-10-13-16-18-19-20-21-22-24-26-29-32-35-37(39)38(40)41-36(33-30-27-15-12-9-6-3)34-31-28-25-23-17-14-11-8-5-2/h36-37,39H,4-35H2,1-3H3. The van der Waals surface area contributed by atoms with Gasteiger partial charge in [0.15, 0.2) is 6.10 Å². The molecule has 0 rings (SSSR count). The van der Waals surface area contributed by atoms with Crippen molar-refractivity contribution in [3.05, 3.63) is 0 Å². The van der Waals surface area contributed by atoms with E-state index in [-0.39, 0.29) is 12.1 Å². The van der Waals surface area contributed by atoms with E-state index in [9.17, 15) is 9.90 Å². The first-order valence-electron chi connectivity index (χ1n) is 19.0. The van der Waals surface area contributed by atoms with Crippen LogP contribution < -0.4 is 0 Å². The first kappa shape index (κ1) is 40.4. The average Bonchev–Trinajstić information content (AvgIpc) is 2.97. The van der Waals surface area contributed by atoms with E-state index in [2.05, 4.69) is 20.8 Å². The zero-order chi connectivity index (χ0) is 30.1. The molecule has 1 N–H and O–H groups in total. The van der Waals surface area contributed by atoms with Gasteiger partial charge in [-0.1, -0.05) is 194 Å². The molecular formula is C38H76O3. The Hall–Kier alpha value is -0.570. The van der Waals surface area contributed by atoms with Gasteiger partial charge in [-0.15, -0.1) is 0 Å². The molecule has 2 atom stereocenters. The van der Waals surface area contributed by atoms with Crippen molar-refractivity contribution < 1.29 is 14.6 Å². The van der Waals surface area contributed by atoms with Crippen molar-refractivity contribution in [3.63, 3.8) is 0 Å². The number of carbonyl (C=O) groups is 1. The molecule has 0 aromatic carbocycles. The molecule has 0 aromatic heterocycles. The molecule has 0 bridgehead atoms. The van der Waals surface area contributed by atoms with Crippen LogP contribution in [0.3, 0.4) is 0 Å². The highest BCUT2D eigenvalue weighted by atomic mass is 16.6. The number of esters is 1. The van der Waals surface area contributed by atoms with E-state index in [0.29, 0.717) is 6.42 Å². The second kappa shape index (κ2) is 33.9. The Bertz CT molecular complexity index is 506. The Labute approximate surface area is 258 Å². The highest BCUT2D eigenvalue weighted by molar-refractivity contribution is 5.74. The number of aliphatic hydroxyl groups is 1. The molecule has 0 saturated heterocycles. The second-order valence-corrected chi connectivity index (χ2v) is 13.1. The summed E-state index contributed by atoms with van der Waals surface area (Å²) in [6, 6.07) is 0. The molecule has 0 aliphatic rings. The molecule has 0 spiro atoms. The third-order valence-corrected chi connectivity index (χ3v) is 8.90. The van der Waals surface area contributed by atoms with Crippen LogP contribution in [0.5, 0.6) is 0 Å². The summed E-state index contributed by atoms with van der Waals surface area (Å²) in [6.07, 6.45) is 39.3. The largest absolute Gasteiger partial charge is 0.460 e. The second-order valence-electron chi connectivity index (χ2n) is 13.1. The molecule has 0 aliphatic carbocycles. The van der Waals surface area contributed by atoms with Crippen LogP contribution in [0.15, 0.2) is 0 Å². The maximum Gasteiger partial charge on any atom is 0.335 e. The monoisotopic (exact) mass is 581 g/mol. The smallest absolute Gasteiger partial charge is 0.335 e. The van der Waals surface area contributed by atoms with Crippen LogP contribution in [-0.4, -0.2) is 23.3 Å². The minimum absolute atomic E-state index is 0.00998. The fourth-order valence-electron chi connectivity index (χ4n) is 5.99. The van der Waals surface area contributed by atoms with E-state index in [1.165, 1.54) is 161 Å². The van der Waals surface area contributed by atoms with Crippen molar-refractivity contribution in [1.82, 2.24) is 0 Å². The van der Waals surface area contributed by atoms with Gasteiger partial charge >= 0.3 is 5.97 Å². The van der Waals surface area contributed by atoms with Gasteiger partial charge in [-0.2, -0.15) is 0 Å². The number of unbranched alkanes of at least 4 members (excludes halogenated alkanes) is 26. The lowest BCUT2D eigenvalue weighted by Crippen LogP contribution is -2.28. The van der Waals surface area contributed by atoms with Crippen LogP contribution in [0.2, 0.25) is 0 Å². The predicted molar refractivity (Wildman–Crippen MR) is 181 cm³/mol. The Morgan fingerprint density at radius 3 is 0.951 bits per heavy atom. The fourth-order valence-corrected chi connectivity index (χ4v) is 5.99. The molecule has 2 unspecified atom stereocenters. The minimum atomic E-state index is -0.942. The number of ether oxygens (including phenoxy) is 1. The molecule has 3 heteroatoms. The summed E-state index contributed by atoms with van der Waals surface area (Å²) < 4.78 is 5.89. The zero-order valence-corrected chi connectivity index (χ0v) is 28.5. The van der Waals surface area contributed by atoms with Gasteiger partial charge in [0, 0.05) is 0 Å². The van der Waals surface area contributed by atoms with Crippen molar-refractivity contribution in [2.45, 2.75) is 238 Å². The quantitative estimate of drug-likeness (QED) is 0.0608. The fraction of sp³-hybridized carbons (Fsp3) is 0.974. The van der Waals surface area contributed by atoms with Crippen LogP contribution >= 0.6 is 0 Å². The van der Waals surface area contributed by atoms with E-state index in [1.807, 2.05) is 0 Å². The van der Waals surface area contributed by atoms with E-state index < -0.39 is 6.10 Å². The topological polar surface area (TPSA) is 46.5 Å². The highest BCUT2D eigenvalue weighted by Gasteiger charge is 2.21. The van der Waals surface area contributed by atoms with Crippen LogP contribution in [0.1, 0.15) is 226 Å². The van der Waals surface area contributed by atoms with E-state index >= 15 is 0 Å². The predicted octanol–water partition coefficient (Wildman–Crippen LogP) is 12.8. The lowest BCUT2D eigenvalue weighted by molar-refractivity contribution is -0.160. The number of hydrogen-bond donors (Lipinski definition) is 1. The third kappa shape index (κ3) is 30.7. The van der Waals surface area contributed by atoms with Gasteiger partial charge < -0.3 is 9.84 Å². The first-order chi connectivity index (χ1) is 20.2. The normalized spacial score (nSPS) is 13.0. The molecule has 0 aliphatic heterocycles. The molecule has 3 nitrogen and oxygen atoms in total. The zero-order valence-electron chi connectivity index (χ0n) is 28.5. The van der Waals surface area contributed by atoms with Crippen LogP contribution in [-0.2, 0) is 9.53 Å². The molecule has 0 heterocycles. The summed E-state index contributed by atoms with van der Waals surface area (Å²) in [6.45, 7) is 6.81. The Morgan fingerprint density at radius 2 is 0.659 bits per heavy atom. The molecule has 41 heavy (non-hydrogen) atoms. The molecule has 246 valence electrons. The van der Waals surface area contributed by atoms with Crippen molar-refractivity contribution in [2.75, 3.05) is 0 Å². The summed E-state index contributed by atoms with van der Waals surface area (Å²) in [7, 11) is 0. The van der Waals surface area contributed by atoms with Crippen molar-refractivity contribution in [1.29, 1.82) is 0 Å². The number of rotatable bonds is 34. The number of hydrogen-bond acceptors (Lipinski definition) is 3. The van der Waals surface area contributed by atoms with Crippen LogP contribution in [0.4, 0.5) is 0 Å². The molecule has 0 aromatic rings. The first-order valence-corrected chi connectivity index (χ1v) is 19.0. The van der Waals surface area contributed by atoms with Gasteiger partial charge in [-0.05, 0) is 32.1 Å². The SMILES string of the molecule is CCCCCCCCCCCCCCCCC(O)C(=O)OC(CCCCCCCC)CCCCCCCCCCC. The van der Waals surface area contributed by atoms with Gasteiger partial charge in [0.2, 0.25) is 0 Å². The van der Waals surface area contributed by atoms with Crippen LogP contribution in [0.25, 0.3) is 0 Å². The molecule has 0 amide bonds. The Morgan fingerprint density at radius 1 is 0.415 bits per heavy atom. The van der Waals surface area contributed by atoms with Gasteiger partial charge in [0.1, 0.15) is 6.10 Å². The van der Waals surface area contributed by atoms with Gasteiger partial charge in [-0.3, -0.25) is 0 Å². The summed E-state index contributed by atoms with van der Waals surface area (Å²) in [5.41, 5.74) is 0. The van der Waals surface area contributed by atoms with Crippen molar-refractivity contribution in [2.24, 2.45) is 0 Å². The highest BCUT2D eigenvalue weighted by Crippen LogP contribution is 2.19. The lowest BCUT2D eigenvalue weighted by Gasteiger charge is -2.20. The maximum atomic E-state index is 12.7. The Kier molecular flexibility index (Phi) is 33.5. The van der Waals surface area contributed by atoms with Crippen molar-refractivity contribution in [3.8, 4) is 0 Å². The number of aliphatic hydroxyl groups excluding tert-OH is 1. The average molecular weight is 581 g/mol. The van der Waals surface area contributed by atoms with Gasteiger partial charge in [0.25, 0.3) is 0 Å². The molecule has 0 saturated carbocycles. The molecule has 0 fully saturated rings. The lowest BCUT2D eigenvalue weighted by atomic mass is 10.0. The summed E-state index contributed by atoms with van der Waals surface area (Å²) in [4.78, 5) is 12.7. The third-order valence-electron chi connectivity index (χ3n) is 8.90. The minimum Gasteiger partial charge on any atom is -0.460 e. The summed E-state index contributed by atoms with van der Waals surface area (Å²) in [5.74, 6) is -0.369. The van der Waals surface area contributed by atoms with E-state index in [1.54, 1.807) is 0 Å². The van der Waals surface area contributed by atoms with Gasteiger partial charge in [0.05, 0.1) is 0 Å². The molecule has 0 radical (unpaired) electrons. The van der Waals surface area contributed by atoms with Crippen molar-refractivity contribution >= 4 is 5.97 Å². The van der Waals surface area contributed by atoms with Gasteiger partial charge in [-0.25, -0.2) is 4.79 Å². The maximum absolute atomic E-state index is 12.7. The number of carbonyl (C=O) groups excluding carboxylic acids is 1. The van der Waals surface area contributed by atoms with Crippen LogP contribution in [0, 0.1) is 0 Å². The van der Waals surface area contributed by atoms with E-state index in [0.717, 1.165) is 38.5 Å². The summed E-state index contributed by atoms with van der Waals surface area (Å²) in [5, 5.41) is 10.5. The Balaban J connectivity index is 4.00.